The molecule has 0 saturated heterocycles. The highest BCUT2D eigenvalue weighted by atomic mass is 127. The van der Waals surface area contributed by atoms with Crippen LogP contribution in [0.25, 0.3) is 0 Å². The van der Waals surface area contributed by atoms with Gasteiger partial charge in [-0.15, -0.1) is 0 Å². The van der Waals surface area contributed by atoms with Gasteiger partial charge in [-0.2, -0.15) is 0 Å². The molecule has 0 aromatic heterocycles. The molecule has 1 unspecified atom stereocenters. The Morgan fingerprint density at radius 1 is 1.30 bits per heavy atom. The maximum Gasteiger partial charge on any atom is 0.333 e. The van der Waals surface area contributed by atoms with E-state index >= 15 is 0 Å². The average molecular weight is 398 g/mol. The van der Waals surface area contributed by atoms with Gasteiger partial charge in [0.15, 0.2) is 0 Å². The minimum absolute atomic E-state index is 0.173. The molecule has 1 atom stereocenters. The molecule has 0 aromatic carbocycles. The van der Waals surface area contributed by atoms with Crippen LogP contribution in [0.15, 0.2) is 12.2 Å². The number of esters is 1. The Morgan fingerprint density at radius 3 is 2.20 bits per heavy atom. The van der Waals surface area contributed by atoms with Crippen molar-refractivity contribution in [3.63, 3.8) is 0 Å². The lowest BCUT2D eigenvalue weighted by Gasteiger charge is -2.48. The summed E-state index contributed by atoms with van der Waals surface area (Å²) in [5.41, 5.74) is 0.276. The van der Waals surface area contributed by atoms with Crippen molar-refractivity contribution in [3.05, 3.63) is 12.2 Å². The quantitative estimate of drug-likeness (QED) is 0.140. The molecule has 0 amide bonds. The average Bonchev–Trinajstić information content (AvgIpc) is 2.45. The first-order valence-electron chi connectivity index (χ1n) is 7.29. The van der Waals surface area contributed by atoms with Crippen molar-refractivity contribution < 1.29 is 17.1 Å². The number of ether oxygens (including phenoxy) is 1. The van der Waals surface area contributed by atoms with Crippen LogP contribution in [0, 0.1) is 0 Å². The predicted octanol–water partition coefficient (Wildman–Crippen LogP) is 3.85. The van der Waals surface area contributed by atoms with E-state index in [0.29, 0.717) is 12.2 Å². The summed E-state index contributed by atoms with van der Waals surface area (Å²) in [6.07, 6.45) is 2.75. The van der Waals surface area contributed by atoms with Crippen LogP contribution in [0.1, 0.15) is 47.0 Å². The standard InChI is InChI=1S/C15H29INO3/c1-7-15(8-2,20-16)17(6,9-3)11-10-12-19-14(18)13(4)5/h4,7-12H2,1-3,5-6H3/q+1. The molecule has 0 N–H and O–H groups in total. The normalized spacial score (nSPS) is 14.7. The molecular weight excluding hydrogens is 369 g/mol. The Hall–Kier alpha value is -0.140. The van der Waals surface area contributed by atoms with Crippen LogP contribution in [0.2, 0.25) is 0 Å². The van der Waals surface area contributed by atoms with E-state index in [1.165, 1.54) is 0 Å². The molecule has 0 aliphatic heterocycles. The van der Waals surface area contributed by atoms with Crippen LogP contribution in [0.5, 0.6) is 0 Å². The van der Waals surface area contributed by atoms with Gasteiger partial charge in [-0.05, 0) is 13.8 Å². The van der Waals surface area contributed by atoms with E-state index in [-0.39, 0.29) is 11.7 Å². The Kier molecular flexibility index (Phi) is 8.93. The van der Waals surface area contributed by atoms with Gasteiger partial charge in [0.2, 0.25) is 5.72 Å². The zero-order chi connectivity index (χ0) is 15.8. The molecule has 5 heteroatoms. The van der Waals surface area contributed by atoms with Gasteiger partial charge in [0.1, 0.15) is 23.0 Å². The largest absolute Gasteiger partial charge is 0.462 e. The summed E-state index contributed by atoms with van der Waals surface area (Å²) < 4.78 is 11.8. The maximum absolute atomic E-state index is 11.3. The molecule has 0 radical (unpaired) electrons. The summed E-state index contributed by atoms with van der Waals surface area (Å²) in [6.45, 7) is 14.1. The monoisotopic (exact) mass is 398 g/mol. The molecule has 0 aliphatic rings. The van der Waals surface area contributed by atoms with Gasteiger partial charge >= 0.3 is 5.97 Å². The number of hydrogen-bond donors (Lipinski definition) is 0. The van der Waals surface area contributed by atoms with Crippen LogP contribution in [0.4, 0.5) is 0 Å². The molecular formula is C15H29INO3+. The lowest BCUT2D eigenvalue weighted by molar-refractivity contribution is -0.977. The number of halogens is 1. The van der Waals surface area contributed by atoms with Crippen molar-refractivity contribution in [2.75, 3.05) is 26.7 Å². The van der Waals surface area contributed by atoms with Crippen LogP contribution < -0.4 is 0 Å². The Morgan fingerprint density at radius 2 is 1.85 bits per heavy atom. The first kappa shape index (κ1) is 19.9. The number of carbonyl (C=O) groups is 1. The van der Waals surface area contributed by atoms with Gasteiger partial charge in [0.05, 0.1) is 26.7 Å². The smallest absolute Gasteiger partial charge is 0.333 e. The second-order valence-corrected chi connectivity index (χ2v) is 5.88. The SMILES string of the molecule is C=C(C)C(=O)OCCC[N+](C)(CC)C(CC)(CC)OI. The Balaban J connectivity index is 4.59. The third-order valence-corrected chi connectivity index (χ3v) is 5.13. The lowest BCUT2D eigenvalue weighted by Crippen LogP contribution is -2.62. The maximum atomic E-state index is 11.3. The molecule has 0 aromatic rings. The molecule has 0 spiro atoms. The van der Waals surface area contributed by atoms with E-state index in [2.05, 4.69) is 34.4 Å². The third-order valence-electron chi connectivity index (χ3n) is 4.31. The molecule has 118 valence electrons. The zero-order valence-electron chi connectivity index (χ0n) is 13.5. The van der Waals surface area contributed by atoms with E-state index in [9.17, 15) is 4.79 Å². The summed E-state index contributed by atoms with van der Waals surface area (Å²) >= 11 is 2.02. The van der Waals surface area contributed by atoms with E-state index in [1.54, 1.807) is 6.92 Å². The number of nitrogens with zero attached hydrogens (tertiary/aromatic N) is 1. The van der Waals surface area contributed by atoms with Gasteiger partial charge in [-0.3, -0.25) is 7.55 Å². The van der Waals surface area contributed by atoms with Crippen LogP contribution in [0.3, 0.4) is 0 Å². The molecule has 0 rings (SSSR count). The zero-order valence-corrected chi connectivity index (χ0v) is 15.7. The minimum Gasteiger partial charge on any atom is -0.462 e. The highest BCUT2D eigenvalue weighted by Crippen LogP contribution is 2.34. The van der Waals surface area contributed by atoms with E-state index in [0.717, 1.165) is 36.8 Å². The van der Waals surface area contributed by atoms with Crippen molar-refractivity contribution in [1.82, 2.24) is 0 Å². The molecule has 0 fully saturated rings. The fraction of sp³-hybridized carbons (Fsp3) is 0.800. The summed E-state index contributed by atoms with van der Waals surface area (Å²) in [6, 6.07) is 0. The molecule has 0 saturated carbocycles. The van der Waals surface area contributed by atoms with Gasteiger partial charge in [0, 0.05) is 24.8 Å². The van der Waals surface area contributed by atoms with Crippen molar-refractivity contribution in [2.24, 2.45) is 0 Å². The van der Waals surface area contributed by atoms with Crippen molar-refractivity contribution in [1.29, 1.82) is 0 Å². The summed E-state index contributed by atoms with van der Waals surface area (Å²) in [5, 5.41) is 0. The molecule has 0 bridgehead atoms. The number of hydrogen-bond acceptors (Lipinski definition) is 3. The fourth-order valence-electron chi connectivity index (χ4n) is 2.56. The minimum atomic E-state index is -0.307. The first-order chi connectivity index (χ1) is 9.32. The Bertz CT molecular complexity index is 321. The summed E-state index contributed by atoms with van der Waals surface area (Å²) in [5.74, 6) is -0.307. The fourth-order valence-corrected chi connectivity index (χ4v) is 3.66. The predicted molar refractivity (Wildman–Crippen MR) is 90.4 cm³/mol. The highest BCUT2D eigenvalue weighted by molar-refractivity contribution is 14.1. The van der Waals surface area contributed by atoms with Crippen LogP contribution >= 0.6 is 23.0 Å². The first-order valence-corrected chi connectivity index (χ1v) is 8.17. The molecule has 4 nitrogen and oxygen atoms in total. The van der Waals surface area contributed by atoms with E-state index < -0.39 is 0 Å². The second-order valence-electron chi connectivity index (χ2n) is 5.44. The van der Waals surface area contributed by atoms with Gasteiger partial charge in [-0.25, -0.2) is 4.79 Å². The number of carbonyl (C=O) groups excluding carboxylic acids is 1. The summed E-state index contributed by atoms with van der Waals surface area (Å²) in [7, 11) is 2.21. The second kappa shape index (κ2) is 9.00. The molecule has 0 heterocycles. The molecule has 0 aliphatic carbocycles. The number of rotatable bonds is 10. The van der Waals surface area contributed by atoms with Crippen LogP contribution in [-0.4, -0.2) is 42.9 Å². The lowest BCUT2D eigenvalue weighted by atomic mass is 10.0. The van der Waals surface area contributed by atoms with Gasteiger partial charge in [-0.1, -0.05) is 20.4 Å². The van der Waals surface area contributed by atoms with Crippen molar-refractivity contribution in [3.8, 4) is 0 Å². The highest BCUT2D eigenvalue weighted by Gasteiger charge is 2.45. The van der Waals surface area contributed by atoms with E-state index in [1.807, 2.05) is 23.0 Å². The number of quaternary nitrogens is 1. The van der Waals surface area contributed by atoms with Crippen LogP contribution in [-0.2, 0) is 12.6 Å². The van der Waals surface area contributed by atoms with Gasteiger partial charge < -0.3 is 4.74 Å². The Labute approximate surface area is 137 Å². The third kappa shape index (κ3) is 4.70. The topological polar surface area (TPSA) is 35.5 Å². The van der Waals surface area contributed by atoms with Gasteiger partial charge in [0.25, 0.3) is 0 Å². The summed E-state index contributed by atoms with van der Waals surface area (Å²) in [4.78, 5) is 11.3. The van der Waals surface area contributed by atoms with Crippen molar-refractivity contribution in [2.45, 2.75) is 52.7 Å². The molecule has 20 heavy (non-hydrogen) atoms. The van der Waals surface area contributed by atoms with Crippen molar-refractivity contribution >= 4 is 29.0 Å². The van der Waals surface area contributed by atoms with E-state index in [4.69, 9.17) is 7.80 Å².